The molecule has 0 aromatic rings. The average molecular weight is 213 g/mol. The fraction of sp³-hybridized carbons (Fsp3) is 0.800. The molecule has 1 aliphatic rings. The molecule has 0 unspecified atom stereocenters. The summed E-state index contributed by atoms with van der Waals surface area (Å²) in [6, 6.07) is -0.572. The minimum absolute atomic E-state index is 0.0774. The topological polar surface area (TPSA) is 70.2 Å². The third-order valence-corrected chi connectivity index (χ3v) is 2.26. The molecule has 1 heterocycles. The molecule has 5 nitrogen and oxygen atoms in total. The highest BCUT2D eigenvalue weighted by Gasteiger charge is 2.22. The van der Waals surface area contributed by atoms with Crippen molar-refractivity contribution in [2.75, 3.05) is 6.54 Å². The van der Waals surface area contributed by atoms with Crippen LogP contribution in [0.1, 0.15) is 33.1 Å². The van der Waals surface area contributed by atoms with E-state index in [0.717, 1.165) is 19.3 Å². The third-order valence-electron chi connectivity index (χ3n) is 2.26. The lowest BCUT2D eigenvalue weighted by Crippen LogP contribution is -2.50. The SMILES string of the molecule is CC(C)NC(=O)N[C@H]1CCCCNC1=O. The van der Waals surface area contributed by atoms with Crippen molar-refractivity contribution in [1.29, 1.82) is 0 Å². The number of nitrogens with one attached hydrogen (secondary N) is 3. The van der Waals surface area contributed by atoms with Gasteiger partial charge in [0, 0.05) is 12.6 Å². The number of carbonyl (C=O) groups excluding carboxylic acids is 2. The Balaban J connectivity index is 2.41. The van der Waals surface area contributed by atoms with Gasteiger partial charge in [-0.2, -0.15) is 0 Å². The van der Waals surface area contributed by atoms with Crippen molar-refractivity contribution in [3.05, 3.63) is 0 Å². The lowest BCUT2D eigenvalue weighted by Gasteiger charge is -2.16. The molecule has 1 saturated heterocycles. The van der Waals surface area contributed by atoms with Gasteiger partial charge in [0.15, 0.2) is 0 Å². The molecule has 1 aliphatic heterocycles. The number of hydrogen-bond acceptors (Lipinski definition) is 2. The van der Waals surface area contributed by atoms with Crippen LogP contribution in [-0.2, 0) is 4.79 Å². The molecule has 1 atom stereocenters. The van der Waals surface area contributed by atoms with E-state index >= 15 is 0 Å². The van der Waals surface area contributed by atoms with Gasteiger partial charge in [0.1, 0.15) is 6.04 Å². The Morgan fingerprint density at radius 2 is 2.20 bits per heavy atom. The normalized spacial score (nSPS) is 21.8. The van der Waals surface area contributed by atoms with Crippen LogP contribution in [0.15, 0.2) is 0 Å². The van der Waals surface area contributed by atoms with Crippen LogP contribution in [0, 0.1) is 0 Å². The molecule has 0 radical (unpaired) electrons. The van der Waals surface area contributed by atoms with Crippen molar-refractivity contribution in [3.63, 3.8) is 0 Å². The zero-order valence-electron chi connectivity index (χ0n) is 9.30. The molecule has 3 N–H and O–H groups in total. The molecule has 0 aromatic carbocycles. The molecule has 1 rings (SSSR count). The van der Waals surface area contributed by atoms with Crippen LogP contribution in [0.2, 0.25) is 0 Å². The van der Waals surface area contributed by atoms with Gasteiger partial charge in [-0.05, 0) is 33.1 Å². The largest absolute Gasteiger partial charge is 0.354 e. The van der Waals surface area contributed by atoms with Gasteiger partial charge in [0.25, 0.3) is 0 Å². The Labute approximate surface area is 90.0 Å². The maximum Gasteiger partial charge on any atom is 0.315 e. The Bertz CT molecular complexity index is 241. The monoisotopic (exact) mass is 213 g/mol. The van der Waals surface area contributed by atoms with Crippen LogP contribution in [0.3, 0.4) is 0 Å². The predicted octanol–water partition coefficient (Wildman–Crippen LogP) is 0.363. The van der Waals surface area contributed by atoms with Crippen molar-refractivity contribution < 1.29 is 9.59 Å². The van der Waals surface area contributed by atoms with Gasteiger partial charge >= 0.3 is 6.03 Å². The Morgan fingerprint density at radius 1 is 1.47 bits per heavy atom. The highest BCUT2D eigenvalue weighted by Crippen LogP contribution is 2.04. The van der Waals surface area contributed by atoms with E-state index in [4.69, 9.17) is 0 Å². The van der Waals surface area contributed by atoms with Crippen molar-refractivity contribution in [3.8, 4) is 0 Å². The molecule has 0 aliphatic carbocycles. The second-order valence-electron chi connectivity index (χ2n) is 4.11. The van der Waals surface area contributed by atoms with E-state index < -0.39 is 0 Å². The van der Waals surface area contributed by atoms with Crippen LogP contribution >= 0.6 is 0 Å². The quantitative estimate of drug-likeness (QED) is 0.620. The second-order valence-corrected chi connectivity index (χ2v) is 4.11. The molecule has 0 bridgehead atoms. The zero-order chi connectivity index (χ0) is 11.3. The Kier molecular flexibility index (Phi) is 4.39. The van der Waals surface area contributed by atoms with Crippen molar-refractivity contribution >= 4 is 11.9 Å². The van der Waals surface area contributed by atoms with Gasteiger partial charge in [-0.3, -0.25) is 4.79 Å². The number of carbonyl (C=O) groups is 2. The molecule has 1 fully saturated rings. The summed E-state index contributed by atoms with van der Waals surface area (Å²) >= 11 is 0. The molecule has 86 valence electrons. The van der Waals surface area contributed by atoms with Crippen LogP contribution in [0.5, 0.6) is 0 Å². The minimum Gasteiger partial charge on any atom is -0.354 e. The molecule has 0 aromatic heterocycles. The molecule has 3 amide bonds. The minimum atomic E-state index is -0.383. The van der Waals surface area contributed by atoms with Crippen molar-refractivity contribution in [1.82, 2.24) is 16.0 Å². The van der Waals surface area contributed by atoms with Crippen LogP contribution < -0.4 is 16.0 Å². The first kappa shape index (κ1) is 11.8. The van der Waals surface area contributed by atoms with E-state index in [1.807, 2.05) is 13.8 Å². The maximum atomic E-state index is 11.5. The summed E-state index contributed by atoms with van der Waals surface area (Å²) in [5, 5.41) is 8.15. The van der Waals surface area contributed by atoms with E-state index in [0.29, 0.717) is 6.54 Å². The molecule has 0 saturated carbocycles. The molecule has 15 heavy (non-hydrogen) atoms. The highest BCUT2D eigenvalue weighted by molar-refractivity contribution is 5.87. The summed E-state index contributed by atoms with van der Waals surface area (Å²) in [6.07, 6.45) is 2.67. The first-order valence-electron chi connectivity index (χ1n) is 5.44. The molecule has 0 spiro atoms. The molecule has 5 heteroatoms. The summed E-state index contributed by atoms with van der Waals surface area (Å²) in [6.45, 7) is 4.47. The van der Waals surface area contributed by atoms with Crippen molar-refractivity contribution in [2.45, 2.75) is 45.2 Å². The number of amides is 3. The Hall–Kier alpha value is -1.26. The summed E-state index contributed by atoms with van der Waals surface area (Å²) in [4.78, 5) is 22.9. The number of urea groups is 1. The van der Waals surface area contributed by atoms with E-state index in [1.165, 1.54) is 0 Å². The summed E-state index contributed by atoms with van der Waals surface area (Å²) in [5.74, 6) is -0.0774. The van der Waals surface area contributed by atoms with E-state index in [1.54, 1.807) is 0 Å². The van der Waals surface area contributed by atoms with Gasteiger partial charge in [-0.1, -0.05) is 0 Å². The standard InChI is InChI=1S/C10H19N3O2/c1-7(2)12-10(15)13-8-5-3-4-6-11-9(8)14/h7-8H,3-6H2,1-2H3,(H,11,14)(H2,12,13,15)/t8-/m0/s1. The Morgan fingerprint density at radius 3 is 2.87 bits per heavy atom. The summed E-state index contributed by atoms with van der Waals surface area (Å²) in [7, 11) is 0. The second kappa shape index (κ2) is 5.58. The van der Waals surface area contributed by atoms with Gasteiger partial charge < -0.3 is 16.0 Å². The molecular formula is C10H19N3O2. The smallest absolute Gasteiger partial charge is 0.315 e. The van der Waals surface area contributed by atoms with Gasteiger partial charge in [0.05, 0.1) is 0 Å². The first-order valence-corrected chi connectivity index (χ1v) is 5.44. The zero-order valence-corrected chi connectivity index (χ0v) is 9.30. The summed E-state index contributed by atoms with van der Waals surface area (Å²) < 4.78 is 0. The highest BCUT2D eigenvalue weighted by atomic mass is 16.2. The van der Waals surface area contributed by atoms with Gasteiger partial charge in [-0.25, -0.2) is 4.79 Å². The van der Waals surface area contributed by atoms with Crippen LogP contribution in [0.25, 0.3) is 0 Å². The predicted molar refractivity (Wildman–Crippen MR) is 57.5 cm³/mol. The van der Waals surface area contributed by atoms with E-state index in [2.05, 4.69) is 16.0 Å². The number of hydrogen-bond donors (Lipinski definition) is 3. The van der Waals surface area contributed by atoms with Crippen molar-refractivity contribution in [2.24, 2.45) is 0 Å². The lowest BCUT2D eigenvalue weighted by molar-refractivity contribution is -0.122. The fourth-order valence-corrected chi connectivity index (χ4v) is 1.54. The fourth-order valence-electron chi connectivity index (χ4n) is 1.54. The van der Waals surface area contributed by atoms with Gasteiger partial charge in [0.2, 0.25) is 5.91 Å². The number of rotatable bonds is 2. The van der Waals surface area contributed by atoms with Crippen LogP contribution in [-0.4, -0.2) is 30.6 Å². The molecular weight excluding hydrogens is 194 g/mol. The summed E-state index contributed by atoms with van der Waals surface area (Å²) in [5.41, 5.74) is 0. The lowest BCUT2D eigenvalue weighted by atomic mass is 10.1. The average Bonchev–Trinajstić information content (AvgIpc) is 2.30. The first-order chi connectivity index (χ1) is 7.09. The van der Waals surface area contributed by atoms with Gasteiger partial charge in [-0.15, -0.1) is 0 Å². The van der Waals surface area contributed by atoms with Crippen LogP contribution in [0.4, 0.5) is 4.79 Å². The third kappa shape index (κ3) is 4.18. The van der Waals surface area contributed by atoms with E-state index in [-0.39, 0.29) is 24.0 Å². The maximum absolute atomic E-state index is 11.5. The van der Waals surface area contributed by atoms with E-state index in [9.17, 15) is 9.59 Å².